The van der Waals surface area contributed by atoms with E-state index < -0.39 is 6.10 Å². The van der Waals surface area contributed by atoms with Gasteiger partial charge in [-0.3, -0.25) is 4.79 Å². The summed E-state index contributed by atoms with van der Waals surface area (Å²) in [4.78, 5) is 12.0. The van der Waals surface area contributed by atoms with Crippen molar-refractivity contribution in [3.8, 4) is 0 Å². The highest BCUT2D eigenvalue weighted by molar-refractivity contribution is 5.76. The van der Waals surface area contributed by atoms with Crippen LogP contribution in [0.3, 0.4) is 0 Å². The van der Waals surface area contributed by atoms with Crippen molar-refractivity contribution in [2.75, 3.05) is 0 Å². The number of aliphatic hydroxyl groups is 1. The summed E-state index contributed by atoms with van der Waals surface area (Å²) in [6, 6.07) is 6.40. The molecule has 2 N–H and O–H groups in total. The highest BCUT2D eigenvalue weighted by atomic mass is 19.1. The molecular formula is C17H24FNO2. The van der Waals surface area contributed by atoms with Gasteiger partial charge in [-0.2, -0.15) is 0 Å². The Morgan fingerprint density at radius 2 is 2.19 bits per heavy atom. The van der Waals surface area contributed by atoms with Gasteiger partial charge in [0.1, 0.15) is 5.82 Å². The fraction of sp³-hybridized carbons (Fsp3) is 0.588. The van der Waals surface area contributed by atoms with E-state index >= 15 is 0 Å². The molecular weight excluding hydrogens is 269 g/mol. The lowest BCUT2D eigenvalue weighted by Crippen LogP contribution is -2.45. The molecule has 3 unspecified atom stereocenters. The summed E-state index contributed by atoms with van der Waals surface area (Å²) < 4.78 is 13.1. The van der Waals surface area contributed by atoms with Crippen molar-refractivity contribution in [3.05, 3.63) is 35.6 Å². The zero-order valence-corrected chi connectivity index (χ0v) is 12.5. The highest BCUT2D eigenvalue weighted by Crippen LogP contribution is 2.19. The standard InChI is InChI=1S/C17H24FNO2/c1-12(9-13-5-4-6-14(18)11-13)10-17(21)19-15-7-2-3-8-16(15)20/h4-6,11-12,15-16,20H,2-3,7-10H2,1H3,(H,19,21). The first-order chi connectivity index (χ1) is 10.0. The van der Waals surface area contributed by atoms with Gasteiger partial charge in [-0.1, -0.05) is 31.9 Å². The number of nitrogens with one attached hydrogen (secondary N) is 1. The van der Waals surface area contributed by atoms with Crippen LogP contribution in [0.5, 0.6) is 0 Å². The lowest BCUT2D eigenvalue weighted by molar-refractivity contribution is -0.123. The molecule has 2 rings (SSSR count). The van der Waals surface area contributed by atoms with Crippen LogP contribution in [0.1, 0.15) is 44.6 Å². The predicted octanol–water partition coefficient (Wildman–Crippen LogP) is 2.81. The third kappa shape index (κ3) is 5.12. The third-order valence-electron chi connectivity index (χ3n) is 4.08. The highest BCUT2D eigenvalue weighted by Gasteiger charge is 2.24. The average Bonchev–Trinajstić information content (AvgIpc) is 2.41. The normalized spacial score (nSPS) is 23.6. The molecule has 0 heterocycles. The van der Waals surface area contributed by atoms with E-state index in [2.05, 4.69) is 5.32 Å². The maximum Gasteiger partial charge on any atom is 0.220 e. The molecule has 1 aliphatic carbocycles. The number of benzene rings is 1. The topological polar surface area (TPSA) is 49.3 Å². The van der Waals surface area contributed by atoms with Gasteiger partial charge in [-0.15, -0.1) is 0 Å². The summed E-state index contributed by atoms with van der Waals surface area (Å²) in [5, 5.41) is 12.8. The summed E-state index contributed by atoms with van der Waals surface area (Å²) in [5.74, 6) is -0.119. The average molecular weight is 293 g/mol. The minimum absolute atomic E-state index is 0.0233. The zero-order valence-electron chi connectivity index (χ0n) is 12.5. The molecule has 0 saturated heterocycles. The molecule has 1 fully saturated rings. The molecule has 1 aliphatic rings. The van der Waals surface area contributed by atoms with Gasteiger partial charge in [-0.25, -0.2) is 4.39 Å². The second-order valence-electron chi connectivity index (χ2n) is 6.17. The van der Waals surface area contributed by atoms with E-state index in [0.717, 1.165) is 31.2 Å². The summed E-state index contributed by atoms with van der Waals surface area (Å²) in [7, 11) is 0. The Balaban J connectivity index is 1.79. The van der Waals surface area contributed by atoms with Crippen LogP contribution < -0.4 is 5.32 Å². The van der Waals surface area contributed by atoms with Crippen LogP contribution in [0, 0.1) is 11.7 Å². The molecule has 1 amide bonds. The first-order valence-electron chi connectivity index (χ1n) is 7.76. The largest absolute Gasteiger partial charge is 0.391 e. The Labute approximate surface area is 125 Å². The van der Waals surface area contributed by atoms with Crippen molar-refractivity contribution in [2.24, 2.45) is 5.92 Å². The van der Waals surface area contributed by atoms with Crippen molar-refractivity contribution in [1.82, 2.24) is 5.32 Å². The van der Waals surface area contributed by atoms with Crippen molar-refractivity contribution in [1.29, 1.82) is 0 Å². The van der Waals surface area contributed by atoms with Gasteiger partial charge >= 0.3 is 0 Å². The third-order valence-corrected chi connectivity index (χ3v) is 4.08. The van der Waals surface area contributed by atoms with E-state index in [9.17, 15) is 14.3 Å². The number of carbonyl (C=O) groups excluding carboxylic acids is 1. The minimum atomic E-state index is -0.416. The molecule has 1 saturated carbocycles. The summed E-state index contributed by atoms with van der Waals surface area (Å²) in [6.45, 7) is 1.99. The van der Waals surface area contributed by atoms with Crippen molar-refractivity contribution in [3.63, 3.8) is 0 Å². The first kappa shape index (κ1) is 16.0. The Hall–Kier alpha value is -1.42. The number of carbonyl (C=O) groups is 1. The van der Waals surface area contributed by atoms with Gasteiger partial charge in [0.05, 0.1) is 12.1 Å². The molecule has 21 heavy (non-hydrogen) atoms. The van der Waals surface area contributed by atoms with Crippen molar-refractivity contribution < 1.29 is 14.3 Å². The maximum absolute atomic E-state index is 13.1. The van der Waals surface area contributed by atoms with Gasteiger partial charge < -0.3 is 10.4 Å². The molecule has 0 aromatic heterocycles. The Morgan fingerprint density at radius 1 is 1.43 bits per heavy atom. The molecule has 1 aromatic carbocycles. The fourth-order valence-corrected chi connectivity index (χ4v) is 3.00. The Bertz CT molecular complexity index is 478. The number of hydrogen-bond donors (Lipinski definition) is 2. The van der Waals surface area contributed by atoms with Crippen LogP contribution in [0.25, 0.3) is 0 Å². The van der Waals surface area contributed by atoms with Crippen LogP contribution in [0.15, 0.2) is 24.3 Å². The van der Waals surface area contributed by atoms with Crippen LogP contribution in [0.4, 0.5) is 4.39 Å². The number of rotatable bonds is 5. The lowest BCUT2D eigenvalue weighted by Gasteiger charge is -2.28. The molecule has 0 bridgehead atoms. The Kier molecular flexibility index (Phi) is 5.74. The van der Waals surface area contributed by atoms with Crippen LogP contribution >= 0.6 is 0 Å². The summed E-state index contributed by atoms with van der Waals surface area (Å²) in [6.07, 6.45) is 4.37. The Morgan fingerprint density at radius 3 is 2.90 bits per heavy atom. The second-order valence-corrected chi connectivity index (χ2v) is 6.17. The molecule has 0 radical (unpaired) electrons. The fourth-order valence-electron chi connectivity index (χ4n) is 3.00. The van der Waals surface area contributed by atoms with Crippen molar-refractivity contribution in [2.45, 2.75) is 57.6 Å². The number of halogens is 1. The first-order valence-corrected chi connectivity index (χ1v) is 7.76. The van der Waals surface area contributed by atoms with Gasteiger partial charge in [0.15, 0.2) is 0 Å². The molecule has 3 nitrogen and oxygen atoms in total. The number of hydrogen-bond acceptors (Lipinski definition) is 2. The lowest BCUT2D eigenvalue weighted by atomic mass is 9.92. The van der Waals surface area contributed by atoms with E-state index in [0.29, 0.717) is 12.8 Å². The zero-order chi connectivity index (χ0) is 15.2. The van der Waals surface area contributed by atoms with Crippen LogP contribution in [-0.4, -0.2) is 23.2 Å². The van der Waals surface area contributed by atoms with Crippen LogP contribution in [0.2, 0.25) is 0 Å². The van der Waals surface area contributed by atoms with E-state index in [1.54, 1.807) is 6.07 Å². The molecule has 0 aliphatic heterocycles. The molecule has 1 aromatic rings. The van der Waals surface area contributed by atoms with Gasteiger partial charge in [0, 0.05) is 6.42 Å². The monoisotopic (exact) mass is 293 g/mol. The second kappa shape index (κ2) is 7.55. The van der Waals surface area contributed by atoms with Gasteiger partial charge in [-0.05, 0) is 42.9 Å². The maximum atomic E-state index is 13.1. The molecule has 116 valence electrons. The quantitative estimate of drug-likeness (QED) is 0.877. The van der Waals surface area contributed by atoms with Crippen molar-refractivity contribution >= 4 is 5.91 Å². The SMILES string of the molecule is CC(CC(=O)NC1CCCCC1O)Cc1cccc(F)c1. The molecule has 0 spiro atoms. The molecule has 3 atom stereocenters. The number of amides is 1. The minimum Gasteiger partial charge on any atom is -0.391 e. The van der Waals surface area contributed by atoms with E-state index in [1.165, 1.54) is 12.1 Å². The van der Waals surface area contributed by atoms with Crippen LogP contribution in [-0.2, 0) is 11.2 Å². The van der Waals surface area contributed by atoms with Gasteiger partial charge in [0.25, 0.3) is 0 Å². The van der Waals surface area contributed by atoms with Gasteiger partial charge in [0.2, 0.25) is 5.91 Å². The van der Waals surface area contributed by atoms with E-state index in [1.807, 2.05) is 13.0 Å². The van der Waals surface area contributed by atoms with E-state index in [4.69, 9.17) is 0 Å². The van der Waals surface area contributed by atoms with E-state index in [-0.39, 0.29) is 23.7 Å². The number of aliphatic hydroxyl groups excluding tert-OH is 1. The predicted molar refractivity (Wildman–Crippen MR) is 80.3 cm³/mol. The summed E-state index contributed by atoms with van der Waals surface area (Å²) >= 11 is 0. The molecule has 4 heteroatoms. The summed E-state index contributed by atoms with van der Waals surface area (Å²) in [5.41, 5.74) is 0.910. The smallest absolute Gasteiger partial charge is 0.220 e.